The Hall–Kier alpha value is -3.66. The number of aromatic nitrogens is 1. The van der Waals surface area contributed by atoms with Crippen LogP contribution in [0, 0.1) is 5.92 Å². The molecule has 2 unspecified atom stereocenters. The molecule has 1 aromatic heterocycles. The highest BCUT2D eigenvalue weighted by atomic mass is 32.2. The number of nitrogens with zero attached hydrogens (tertiary/aromatic N) is 3. The molecule has 6 rings (SSSR count). The average Bonchev–Trinajstić information content (AvgIpc) is 3.03. The number of carbonyl (C=O) groups excluding carboxylic acids is 2. The first-order valence-corrected chi connectivity index (χ1v) is 19.9. The van der Waals surface area contributed by atoms with E-state index in [0.29, 0.717) is 46.2 Å². The van der Waals surface area contributed by atoms with Crippen LogP contribution in [0.3, 0.4) is 0 Å². The SMILES string of the molecule is Cn1c(=O)c(CC2CCC(=O)NC2O)cc2ccc([C@@H]3CCN(C(=O)Nc4cccc(CS(=O)(=O)N5CC[Si]CC5(C)C)c4)CC3(F)F)cc21. The number of hydrogen-bond donors (Lipinski definition) is 3. The van der Waals surface area contributed by atoms with Gasteiger partial charge in [-0.25, -0.2) is 22.0 Å². The van der Waals surface area contributed by atoms with E-state index < -0.39 is 46.2 Å². The lowest BCUT2D eigenvalue weighted by Crippen LogP contribution is -2.51. The second kappa shape index (κ2) is 13.8. The van der Waals surface area contributed by atoms with Gasteiger partial charge in [-0.3, -0.25) is 9.59 Å². The van der Waals surface area contributed by atoms with Crippen LogP contribution in [0.4, 0.5) is 19.3 Å². The number of amides is 3. The van der Waals surface area contributed by atoms with Gasteiger partial charge in [-0.15, -0.1) is 0 Å². The van der Waals surface area contributed by atoms with Crippen LogP contribution in [-0.4, -0.2) is 86.1 Å². The van der Waals surface area contributed by atoms with Gasteiger partial charge in [0.15, 0.2) is 0 Å². The molecule has 2 aromatic carbocycles. The fraction of sp³-hybridized carbons (Fsp3) is 0.514. The van der Waals surface area contributed by atoms with Crippen molar-refractivity contribution in [3.63, 3.8) is 0 Å². The minimum Gasteiger partial charge on any atom is -0.373 e. The van der Waals surface area contributed by atoms with E-state index in [0.717, 1.165) is 26.5 Å². The van der Waals surface area contributed by atoms with Crippen LogP contribution in [0.5, 0.6) is 0 Å². The van der Waals surface area contributed by atoms with Gasteiger partial charge in [-0.1, -0.05) is 24.3 Å². The van der Waals surface area contributed by atoms with Gasteiger partial charge < -0.3 is 25.2 Å². The van der Waals surface area contributed by atoms with E-state index in [4.69, 9.17) is 0 Å². The Labute approximate surface area is 292 Å². The monoisotopic (exact) mass is 727 g/mol. The van der Waals surface area contributed by atoms with Crippen LogP contribution in [0.15, 0.2) is 53.3 Å². The van der Waals surface area contributed by atoms with E-state index in [9.17, 15) is 27.9 Å². The number of fused-ring (bicyclic) bond motifs is 1. The first kappa shape index (κ1) is 36.1. The Bertz CT molecular complexity index is 1970. The molecule has 0 spiro atoms. The van der Waals surface area contributed by atoms with Crippen molar-refractivity contribution in [2.75, 3.05) is 25.0 Å². The molecular weight excluding hydrogens is 685 g/mol. The molecule has 3 saturated heterocycles. The standard InChI is InChI=1S/C35H43F2N5O6SSi/c1-34(2)21-50-14-13-42(34)49(47,48)19-22-5-4-6-27(15-22)38-33(46)41-12-11-28(35(36,37)20-41)23-7-8-24-16-26(32(45)40(3)29(24)18-23)17-25-9-10-30(43)39-31(25)44/h4-8,15-16,18,25,28,31,44H,9-14,17,19-21H2,1-3H3,(H,38,46)(H,39,43)/t25?,28-,31?/m0/s1. The minimum absolute atomic E-state index is 0.00623. The second-order valence-electron chi connectivity index (χ2n) is 14.3. The van der Waals surface area contributed by atoms with Crippen LogP contribution < -0.4 is 16.2 Å². The number of sulfonamides is 1. The van der Waals surface area contributed by atoms with Crippen molar-refractivity contribution in [1.29, 1.82) is 0 Å². The molecule has 3 N–H and O–H groups in total. The molecule has 2 radical (unpaired) electrons. The highest BCUT2D eigenvalue weighted by Crippen LogP contribution is 2.41. The fourth-order valence-electron chi connectivity index (χ4n) is 7.47. The summed E-state index contributed by atoms with van der Waals surface area (Å²) in [5.41, 5.74) is 1.38. The summed E-state index contributed by atoms with van der Waals surface area (Å²) in [5, 5.41) is 16.1. The molecule has 268 valence electrons. The van der Waals surface area contributed by atoms with Gasteiger partial charge in [-0.05, 0) is 86.0 Å². The van der Waals surface area contributed by atoms with Gasteiger partial charge in [0.1, 0.15) is 6.23 Å². The van der Waals surface area contributed by atoms with Gasteiger partial charge in [0, 0.05) is 58.8 Å². The molecular formula is C35H43F2N5O6SSi. The Morgan fingerprint density at radius 1 is 1.10 bits per heavy atom. The number of aliphatic hydroxyl groups excluding tert-OH is 1. The highest BCUT2D eigenvalue weighted by Gasteiger charge is 2.47. The number of anilines is 1. The third-order valence-electron chi connectivity index (χ3n) is 10.2. The van der Waals surface area contributed by atoms with Crippen LogP contribution in [-0.2, 0) is 34.0 Å². The molecule has 3 atom stereocenters. The zero-order valence-corrected chi connectivity index (χ0v) is 30.2. The summed E-state index contributed by atoms with van der Waals surface area (Å²) in [5.74, 6) is -5.21. The summed E-state index contributed by atoms with van der Waals surface area (Å²) in [4.78, 5) is 39.1. The van der Waals surface area contributed by atoms with Crippen molar-refractivity contribution in [2.24, 2.45) is 13.0 Å². The lowest BCUT2D eigenvalue weighted by Gasteiger charge is -2.41. The van der Waals surface area contributed by atoms with Gasteiger partial charge in [0.05, 0.1) is 23.7 Å². The molecule has 50 heavy (non-hydrogen) atoms. The zero-order valence-electron chi connectivity index (χ0n) is 28.4. The zero-order chi connectivity index (χ0) is 36.0. The smallest absolute Gasteiger partial charge is 0.322 e. The van der Waals surface area contributed by atoms with E-state index >= 15 is 8.78 Å². The molecule has 3 aromatic rings. The van der Waals surface area contributed by atoms with Crippen LogP contribution in [0.1, 0.15) is 55.7 Å². The van der Waals surface area contributed by atoms with Crippen molar-refractivity contribution in [3.8, 4) is 0 Å². The Kier molecular flexibility index (Phi) is 9.98. The number of benzene rings is 2. The van der Waals surface area contributed by atoms with E-state index in [1.165, 1.54) is 4.57 Å². The van der Waals surface area contributed by atoms with E-state index in [1.807, 2.05) is 13.8 Å². The number of alkyl halides is 2. The molecule has 0 bridgehead atoms. The number of aliphatic hydroxyl groups is 1. The van der Waals surface area contributed by atoms with Crippen molar-refractivity contribution in [3.05, 3.63) is 75.6 Å². The topological polar surface area (TPSA) is 141 Å². The molecule has 3 amide bonds. The molecule has 3 aliphatic rings. The Morgan fingerprint density at radius 3 is 2.60 bits per heavy atom. The van der Waals surface area contributed by atoms with Crippen molar-refractivity contribution in [1.82, 2.24) is 19.1 Å². The normalized spacial score (nSPS) is 24.2. The highest BCUT2D eigenvalue weighted by molar-refractivity contribution is 7.88. The lowest BCUT2D eigenvalue weighted by atomic mass is 9.85. The third kappa shape index (κ3) is 7.50. The maximum absolute atomic E-state index is 15.7. The Morgan fingerprint density at radius 2 is 1.88 bits per heavy atom. The number of piperidine rings is 2. The third-order valence-corrected chi connectivity index (χ3v) is 13.9. The van der Waals surface area contributed by atoms with E-state index in [1.54, 1.807) is 59.9 Å². The van der Waals surface area contributed by atoms with E-state index in [2.05, 4.69) is 10.6 Å². The average molecular weight is 728 g/mol. The summed E-state index contributed by atoms with van der Waals surface area (Å²) < 4.78 is 61.1. The van der Waals surface area contributed by atoms with Crippen molar-refractivity contribution < 1.29 is 31.9 Å². The number of carbonyl (C=O) groups is 2. The summed E-state index contributed by atoms with van der Waals surface area (Å²) in [7, 11) is -1.31. The van der Waals surface area contributed by atoms with Crippen molar-refractivity contribution >= 4 is 48.1 Å². The first-order valence-electron chi connectivity index (χ1n) is 16.9. The van der Waals surface area contributed by atoms with Gasteiger partial charge in [-0.2, -0.15) is 4.31 Å². The summed E-state index contributed by atoms with van der Waals surface area (Å²) >= 11 is 0. The number of halogens is 2. The predicted molar refractivity (Wildman–Crippen MR) is 188 cm³/mol. The largest absolute Gasteiger partial charge is 0.373 e. The second-order valence-corrected chi connectivity index (χ2v) is 17.6. The number of pyridine rings is 1. The molecule has 3 aliphatic heterocycles. The molecule has 3 fully saturated rings. The van der Waals surface area contributed by atoms with Gasteiger partial charge in [0.25, 0.3) is 11.5 Å². The van der Waals surface area contributed by atoms with E-state index in [-0.39, 0.29) is 48.9 Å². The fourth-order valence-corrected chi connectivity index (χ4v) is 11.1. The number of hydrogen-bond acceptors (Lipinski definition) is 6. The quantitative estimate of drug-likeness (QED) is 0.314. The summed E-state index contributed by atoms with van der Waals surface area (Å²) in [6.45, 7) is 3.60. The van der Waals surface area contributed by atoms with Crippen molar-refractivity contribution in [2.45, 2.75) is 81.0 Å². The maximum Gasteiger partial charge on any atom is 0.322 e. The number of rotatable bonds is 7. The number of aryl methyl sites for hydroxylation is 1. The Balaban J connectivity index is 1.12. The summed E-state index contributed by atoms with van der Waals surface area (Å²) in [6.07, 6.45) is -0.0579. The van der Waals surface area contributed by atoms with Gasteiger partial charge >= 0.3 is 6.03 Å². The van der Waals surface area contributed by atoms with Crippen LogP contribution in [0.2, 0.25) is 12.1 Å². The molecule has 11 nitrogen and oxygen atoms in total. The molecule has 4 heterocycles. The number of nitrogens with one attached hydrogen (secondary N) is 2. The van der Waals surface area contributed by atoms with Crippen LogP contribution >= 0.6 is 0 Å². The van der Waals surface area contributed by atoms with Crippen LogP contribution in [0.25, 0.3) is 10.9 Å². The number of urea groups is 1. The minimum atomic E-state index is -3.61. The molecule has 15 heteroatoms. The number of likely N-dealkylation sites (tertiary alicyclic amines) is 1. The predicted octanol–water partition coefficient (Wildman–Crippen LogP) is 4.05. The molecule has 0 aliphatic carbocycles. The first-order chi connectivity index (χ1) is 23.5. The molecule has 0 saturated carbocycles. The van der Waals surface area contributed by atoms with Gasteiger partial charge in [0.2, 0.25) is 15.9 Å². The maximum atomic E-state index is 15.7. The lowest BCUT2D eigenvalue weighted by molar-refractivity contribution is -0.129. The summed E-state index contributed by atoms with van der Waals surface area (Å²) in [6, 6.07) is 14.1.